The predicted octanol–water partition coefficient (Wildman–Crippen LogP) is 1.86. The molecule has 2 aromatic heterocycles. The van der Waals surface area contributed by atoms with Gasteiger partial charge >= 0.3 is 0 Å². The lowest BCUT2D eigenvalue weighted by Gasteiger charge is -2.26. The molecule has 0 saturated carbocycles. The summed E-state index contributed by atoms with van der Waals surface area (Å²) in [5.74, 6) is 0.714. The van der Waals surface area contributed by atoms with Crippen LogP contribution in [0.2, 0.25) is 0 Å². The Labute approximate surface area is 146 Å². The molecule has 0 aliphatic heterocycles. The molecule has 7 heteroatoms. The van der Waals surface area contributed by atoms with E-state index in [9.17, 15) is 10.2 Å². The van der Waals surface area contributed by atoms with Gasteiger partial charge in [-0.1, -0.05) is 29.8 Å². The van der Waals surface area contributed by atoms with Gasteiger partial charge in [0.15, 0.2) is 17.0 Å². The second-order valence-corrected chi connectivity index (χ2v) is 6.24. The molecule has 0 bridgehead atoms. The third-order valence-corrected chi connectivity index (χ3v) is 4.63. The standard InChI is InChI=1S/C18H23N5O2/c1-12-4-6-14(7-5-12)13(2)22(3)17-16-18(20-10-19-17)23(11-21-16)15(8-24)9-25/h4-7,10-11,13,15,24-25H,8-9H2,1-3H3. The van der Waals surface area contributed by atoms with Crippen molar-refractivity contribution in [3.05, 3.63) is 48.0 Å². The highest BCUT2D eigenvalue weighted by Gasteiger charge is 2.20. The monoisotopic (exact) mass is 341 g/mol. The zero-order valence-corrected chi connectivity index (χ0v) is 14.7. The van der Waals surface area contributed by atoms with E-state index >= 15 is 0 Å². The van der Waals surface area contributed by atoms with Gasteiger partial charge in [0.25, 0.3) is 0 Å². The first kappa shape index (κ1) is 17.3. The largest absolute Gasteiger partial charge is 0.394 e. The minimum atomic E-state index is -0.465. The van der Waals surface area contributed by atoms with Crippen LogP contribution >= 0.6 is 0 Å². The van der Waals surface area contributed by atoms with Gasteiger partial charge < -0.3 is 19.7 Å². The summed E-state index contributed by atoms with van der Waals surface area (Å²) < 4.78 is 1.69. The Morgan fingerprint density at radius 2 is 1.76 bits per heavy atom. The maximum absolute atomic E-state index is 9.43. The Bertz CT molecular complexity index is 842. The molecule has 2 heterocycles. The molecule has 0 aliphatic rings. The molecule has 25 heavy (non-hydrogen) atoms. The summed E-state index contributed by atoms with van der Waals surface area (Å²) >= 11 is 0. The molecule has 0 saturated heterocycles. The molecule has 1 atom stereocenters. The van der Waals surface area contributed by atoms with Crippen LogP contribution in [0.5, 0.6) is 0 Å². The molecular weight excluding hydrogens is 318 g/mol. The highest BCUT2D eigenvalue weighted by molar-refractivity contribution is 5.83. The average molecular weight is 341 g/mol. The summed E-state index contributed by atoms with van der Waals surface area (Å²) in [5.41, 5.74) is 3.65. The first-order valence-corrected chi connectivity index (χ1v) is 8.25. The smallest absolute Gasteiger partial charge is 0.165 e. The van der Waals surface area contributed by atoms with Crippen LogP contribution in [0.3, 0.4) is 0 Å². The van der Waals surface area contributed by atoms with Crippen LogP contribution in [-0.2, 0) is 0 Å². The molecule has 1 aromatic carbocycles. The fraction of sp³-hybridized carbons (Fsp3) is 0.389. The van der Waals surface area contributed by atoms with Gasteiger partial charge in [-0.05, 0) is 19.4 Å². The number of benzene rings is 1. The number of hydrogen-bond acceptors (Lipinski definition) is 6. The molecule has 1 unspecified atom stereocenters. The second-order valence-electron chi connectivity index (χ2n) is 6.24. The van der Waals surface area contributed by atoms with Crippen molar-refractivity contribution in [1.82, 2.24) is 19.5 Å². The van der Waals surface area contributed by atoms with E-state index in [0.29, 0.717) is 17.0 Å². The molecule has 0 radical (unpaired) electrons. The summed E-state index contributed by atoms with van der Waals surface area (Å²) in [6.07, 6.45) is 3.07. The predicted molar refractivity (Wildman–Crippen MR) is 96.5 cm³/mol. The molecule has 0 amide bonds. The van der Waals surface area contributed by atoms with Crippen LogP contribution in [0.4, 0.5) is 5.82 Å². The topological polar surface area (TPSA) is 87.3 Å². The van der Waals surface area contributed by atoms with Gasteiger partial charge in [0, 0.05) is 7.05 Å². The van der Waals surface area contributed by atoms with E-state index in [1.54, 1.807) is 10.9 Å². The molecular formula is C18H23N5O2. The van der Waals surface area contributed by atoms with E-state index in [0.717, 1.165) is 0 Å². The van der Waals surface area contributed by atoms with Crippen molar-refractivity contribution in [3.8, 4) is 0 Å². The third kappa shape index (κ3) is 3.20. The van der Waals surface area contributed by atoms with Crippen LogP contribution in [0.1, 0.15) is 30.1 Å². The van der Waals surface area contributed by atoms with E-state index in [1.165, 1.54) is 17.5 Å². The van der Waals surface area contributed by atoms with E-state index in [-0.39, 0.29) is 19.3 Å². The molecule has 0 fully saturated rings. The van der Waals surface area contributed by atoms with Gasteiger partial charge in [0.1, 0.15) is 6.33 Å². The highest BCUT2D eigenvalue weighted by Crippen LogP contribution is 2.29. The summed E-state index contributed by atoms with van der Waals surface area (Å²) in [7, 11) is 1.97. The van der Waals surface area contributed by atoms with E-state index in [4.69, 9.17) is 0 Å². The molecule has 0 spiro atoms. The number of rotatable bonds is 6. The summed E-state index contributed by atoms with van der Waals surface area (Å²) in [6.45, 7) is 3.81. The first-order valence-electron chi connectivity index (χ1n) is 8.25. The number of nitrogens with zero attached hydrogens (tertiary/aromatic N) is 5. The zero-order chi connectivity index (χ0) is 18.0. The number of aromatic nitrogens is 4. The molecule has 0 aliphatic carbocycles. The fourth-order valence-corrected chi connectivity index (χ4v) is 2.85. The van der Waals surface area contributed by atoms with Crippen LogP contribution < -0.4 is 4.90 Å². The summed E-state index contributed by atoms with van der Waals surface area (Å²) in [5, 5.41) is 18.9. The average Bonchev–Trinajstić information content (AvgIpc) is 3.06. The van der Waals surface area contributed by atoms with Gasteiger partial charge in [0.2, 0.25) is 0 Å². The maximum atomic E-state index is 9.43. The normalized spacial score (nSPS) is 12.7. The van der Waals surface area contributed by atoms with Gasteiger partial charge in [-0.15, -0.1) is 0 Å². The number of hydrogen-bond donors (Lipinski definition) is 2. The summed E-state index contributed by atoms with van der Waals surface area (Å²) in [4.78, 5) is 15.2. The van der Waals surface area contributed by atoms with Crippen molar-refractivity contribution in [1.29, 1.82) is 0 Å². The van der Waals surface area contributed by atoms with Crippen LogP contribution in [0.25, 0.3) is 11.2 Å². The van der Waals surface area contributed by atoms with Gasteiger partial charge in [-0.25, -0.2) is 15.0 Å². The molecule has 2 N–H and O–H groups in total. The lowest BCUT2D eigenvalue weighted by Crippen LogP contribution is -2.23. The van der Waals surface area contributed by atoms with Crippen LogP contribution in [-0.4, -0.2) is 50.0 Å². The maximum Gasteiger partial charge on any atom is 0.165 e. The zero-order valence-electron chi connectivity index (χ0n) is 14.7. The van der Waals surface area contributed by atoms with Gasteiger partial charge in [-0.2, -0.15) is 0 Å². The number of imidazole rings is 1. The molecule has 3 rings (SSSR count). The number of aliphatic hydroxyl groups excluding tert-OH is 2. The number of anilines is 1. The van der Waals surface area contributed by atoms with Crippen molar-refractivity contribution in [2.75, 3.05) is 25.2 Å². The lowest BCUT2D eigenvalue weighted by atomic mass is 10.1. The second kappa shape index (κ2) is 7.16. The van der Waals surface area contributed by atoms with Gasteiger partial charge in [0.05, 0.1) is 31.6 Å². The molecule has 132 valence electrons. The first-order chi connectivity index (χ1) is 12.1. The Hall–Kier alpha value is -2.51. The summed E-state index contributed by atoms with van der Waals surface area (Å²) in [6, 6.07) is 8.05. The molecule has 3 aromatic rings. The van der Waals surface area contributed by atoms with Gasteiger partial charge in [-0.3, -0.25) is 0 Å². The Balaban J connectivity index is 1.99. The Kier molecular flexibility index (Phi) is 4.96. The van der Waals surface area contributed by atoms with Crippen LogP contribution in [0.15, 0.2) is 36.9 Å². The fourth-order valence-electron chi connectivity index (χ4n) is 2.85. The van der Waals surface area contributed by atoms with Crippen molar-refractivity contribution in [2.24, 2.45) is 0 Å². The van der Waals surface area contributed by atoms with E-state index in [1.807, 2.05) is 7.05 Å². The highest BCUT2D eigenvalue weighted by atomic mass is 16.3. The number of aliphatic hydroxyl groups is 2. The quantitative estimate of drug-likeness (QED) is 0.711. The Morgan fingerprint density at radius 3 is 2.40 bits per heavy atom. The minimum absolute atomic E-state index is 0.107. The van der Waals surface area contributed by atoms with Crippen molar-refractivity contribution in [2.45, 2.75) is 25.9 Å². The Morgan fingerprint density at radius 1 is 1.08 bits per heavy atom. The lowest BCUT2D eigenvalue weighted by molar-refractivity contribution is 0.156. The van der Waals surface area contributed by atoms with Crippen molar-refractivity contribution >= 4 is 17.0 Å². The van der Waals surface area contributed by atoms with E-state index in [2.05, 4.69) is 58.0 Å². The van der Waals surface area contributed by atoms with Crippen molar-refractivity contribution < 1.29 is 10.2 Å². The third-order valence-electron chi connectivity index (χ3n) is 4.63. The number of fused-ring (bicyclic) bond motifs is 1. The number of aryl methyl sites for hydroxylation is 1. The molecule has 7 nitrogen and oxygen atoms in total. The van der Waals surface area contributed by atoms with Crippen LogP contribution in [0, 0.1) is 6.92 Å². The minimum Gasteiger partial charge on any atom is -0.394 e. The van der Waals surface area contributed by atoms with Crippen molar-refractivity contribution in [3.63, 3.8) is 0 Å². The SMILES string of the molecule is Cc1ccc(C(C)N(C)c2ncnc3c2ncn3C(CO)CO)cc1. The van der Waals surface area contributed by atoms with E-state index < -0.39 is 6.04 Å².